The lowest BCUT2D eigenvalue weighted by atomic mass is 10.1. The van der Waals surface area contributed by atoms with Gasteiger partial charge in [-0.15, -0.1) is 0 Å². The first-order valence-corrected chi connectivity index (χ1v) is 9.82. The summed E-state index contributed by atoms with van der Waals surface area (Å²) in [5.74, 6) is -2.05. The Balaban J connectivity index is 1.86. The number of anilines is 2. The molecule has 0 spiro atoms. The number of carbonyl (C=O) groups is 2. The zero-order valence-corrected chi connectivity index (χ0v) is 15.8. The zero-order valence-electron chi connectivity index (χ0n) is 14.9. The quantitative estimate of drug-likeness (QED) is 0.787. The molecule has 1 aliphatic rings. The Morgan fingerprint density at radius 3 is 2.48 bits per heavy atom. The molecule has 10 heteroatoms. The van der Waals surface area contributed by atoms with Crippen molar-refractivity contribution in [1.29, 1.82) is 0 Å². The monoisotopic (exact) mass is 392 g/mol. The molecule has 1 aliphatic heterocycles. The lowest BCUT2D eigenvalue weighted by molar-refractivity contribution is -0.141. The van der Waals surface area contributed by atoms with Crippen LogP contribution in [0.15, 0.2) is 41.6 Å². The van der Waals surface area contributed by atoms with E-state index in [-0.39, 0.29) is 30.3 Å². The van der Waals surface area contributed by atoms with E-state index >= 15 is 0 Å². The lowest BCUT2D eigenvalue weighted by Gasteiger charge is -2.22. The van der Waals surface area contributed by atoms with Crippen molar-refractivity contribution in [2.45, 2.75) is 18.2 Å². The van der Waals surface area contributed by atoms with Crippen molar-refractivity contribution in [3.05, 3.63) is 36.7 Å². The summed E-state index contributed by atoms with van der Waals surface area (Å²) < 4.78 is 28.7. The van der Waals surface area contributed by atoms with E-state index in [0.29, 0.717) is 11.4 Å². The third kappa shape index (κ3) is 3.52. The van der Waals surface area contributed by atoms with Gasteiger partial charge in [-0.2, -0.15) is 5.10 Å². The summed E-state index contributed by atoms with van der Waals surface area (Å²) in [5, 5.41) is 13.1. The van der Waals surface area contributed by atoms with E-state index in [1.165, 1.54) is 44.3 Å². The molecule has 1 atom stereocenters. The van der Waals surface area contributed by atoms with Gasteiger partial charge < -0.3 is 10.0 Å². The van der Waals surface area contributed by atoms with Crippen molar-refractivity contribution >= 4 is 33.3 Å². The highest BCUT2D eigenvalue weighted by Crippen LogP contribution is 2.28. The Morgan fingerprint density at radius 2 is 2.00 bits per heavy atom. The minimum Gasteiger partial charge on any atom is -0.481 e. The number of carbonyl (C=O) groups excluding carboxylic acids is 1. The van der Waals surface area contributed by atoms with Gasteiger partial charge in [-0.05, 0) is 31.2 Å². The number of carboxylic acids is 1. The smallest absolute Gasteiger partial charge is 0.308 e. The van der Waals surface area contributed by atoms with Gasteiger partial charge in [-0.1, -0.05) is 0 Å². The van der Waals surface area contributed by atoms with Crippen molar-refractivity contribution < 1.29 is 23.1 Å². The van der Waals surface area contributed by atoms with Crippen LogP contribution in [0.3, 0.4) is 0 Å². The number of sulfonamides is 1. The van der Waals surface area contributed by atoms with Crippen LogP contribution in [0.2, 0.25) is 0 Å². The highest BCUT2D eigenvalue weighted by molar-refractivity contribution is 7.92. The van der Waals surface area contributed by atoms with Gasteiger partial charge in [0.15, 0.2) is 0 Å². The van der Waals surface area contributed by atoms with Crippen molar-refractivity contribution in [2.24, 2.45) is 13.0 Å². The van der Waals surface area contributed by atoms with Gasteiger partial charge in [-0.25, -0.2) is 8.42 Å². The molecule has 1 N–H and O–H groups in total. The maximum Gasteiger partial charge on any atom is 0.308 e. The van der Waals surface area contributed by atoms with E-state index in [0.717, 1.165) is 0 Å². The summed E-state index contributed by atoms with van der Waals surface area (Å²) in [5.41, 5.74) is 0.940. The van der Waals surface area contributed by atoms with Gasteiger partial charge >= 0.3 is 5.97 Å². The Labute approximate surface area is 156 Å². The summed E-state index contributed by atoms with van der Waals surface area (Å²) in [6, 6.07) is 5.88. The van der Waals surface area contributed by atoms with Crippen molar-refractivity contribution in [1.82, 2.24) is 9.78 Å². The summed E-state index contributed by atoms with van der Waals surface area (Å²) >= 11 is 0. The molecule has 1 aromatic carbocycles. The number of hydrogen-bond acceptors (Lipinski definition) is 5. The minimum atomic E-state index is -3.79. The van der Waals surface area contributed by atoms with Crippen LogP contribution in [0.1, 0.15) is 13.3 Å². The van der Waals surface area contributed by atoms with Crippen molar-refractivity contribution in [3.8, 4) is 0 Å². The number of nitrogens with zero attached hydrogens (tertiary/aromatic N) is 4. The van der Waals surface area contributed by atoms with Gasteiger partial charge in [0, 0.05) is 38.4 Å². The molecule has 9 nitrogen and oxygen atoms in total. The highest BCUT2D eigenvalue weighted by atomic mass is 32.2. The number of aromatic nitrogens is 2. The SMILES string of the molecule is CCN(c1cnn(C)c1)S(=O)(=O)c1ccc(N2CC(C(=O)O)CC2=O)cc1. The van der Waals surface area contributed by atoms with Gasteiger partial charge in [0.05, 0.1) is 22.7 Å². The second kappa shape index (κ2) is 7.03. The highest BCUT2D eigenvalue weighted by Gasteiger charge is 2.35. The number of aliphatic carboxylic acids is 1. The van der Waals surface area contributed by atoms with Crippen LogP contribution in [0.25, 0.3) is 0 Å². The second-order valence-corrected chi connectivity index (χ2v) is 8.14. The largest absolute Gasteiger partial charge is 0.481 e. The summed E-state index contributed by atoms with van der Waals surface area (Å²) in [7, 11) is -2.08. The maximum absolute atomic E-state index is 12.9. The van der Waals surface area contributed by atoms with Gasteiger partial charge in [0.25, 0.3) is 10.0 Å². The van der Waals surface area contributed by atoms with E-state index in [2.05, 4.69) is 5.10 Å². The molecule has 1 fully saturated rings. The maximum atomic E-state index is 12.9. The first-order valence-electron chi connectivity index (χ1n) is 8.38. The molecule has 1 saturated heterocycles. The molecule has 0 aliphatic carbocycles. The number of hydrogen-bond donors (Lipinski definition) is 1. The standard InChI is InChI=1S/C17H20N4O5S/c1-3-21(14-9-18-19(2)11-14)27(25,26)15-6-4-13(5-7-15)20-10-12(17(23)24)8-16(20)22/h4-7,9,11-12H,3,8,10H2,1-2H3,(H,23,24). The third-order valence-corrected chi connectivity index (χ3v) is 6.39. The molecule has 0 radical (unpaired) electrons. The van der Waals surface area contributed by atoms with Gasteiger partial charge in [0.2, 0.25) is 5.91 Å². The Kier molecular flexibility index (Phi) is 4.92. The fourth-order valence-electron chi connectivity index (χ4n) is 3.08. The van der Waals surface area contributed by atoms with Crippen LogP contribution < -0.4 is 9.21 Å². The predicted octanol–water partition coefficient (Wildman–Crippen LogP) is 1.07. The minimum absolute atomic E-state index is 0.0556. The van der Waals surface area contributed by atoms with E-state index in [1.54, 1.807) is 20.2 Å². The molecular formula is C17H20N4O5S. The van der Waals surface area contributed by atoms with Crippen molar-refractivity contribution in [3.63, 3.8) is 0 Å². The summed E-state index contributed by atoms with van der Waals surface area (Å²) in [4.78, 5) is 24.6. The second-order valence-electron chi connectivity index (χ2n) is 6.28. The normalized spacial score (nSPS) is 17.3. The molecule has 27 heavy (non-hydrogen) atoms. The molecule has 2 heterocycles. The Morgan fingerprint density at radius 1 is 1.33 bits per heavy atom. The molecule has 1 unspecified atom stereocenters. The molecule has 144 valence electrons. The zero-order chi connectivity index (χ0) is 19.8. The summed E-state index contributed by atoms with van der Waals surface area (Å²) in [6.07, 6.45) is 3.04. The molecule has 0 saturated carbocycles. The summed E-state index contributed by atoms with van der Waals surface area (Å²) in [6.45, 7) is 2.05. The lowest BCUT2D eigenvalue weighted by Crippen LogP contribution is -2.30. The topological polar surface area (TPSA) is 113 Å². The molecule has 2 aromatic rings. The predicted molar refractivity (Wildman–Crippen MR) is 98.0 cm³/mol. The van der Waals surface area contributed by atoms with E-state index in [1.807, 2.05) is 0 Å². The number of rotatable bonds is 6. The molecule has 1 aromatic heterocycles. The van der Waals surface area contributed by atoms with Crippen LogP contribution in [-0.2, 0) is 26.7 Å². The first kappa shape index (κ1) is 18.9. The molecule has 3 rings (SSSR count). The third-order valence-electron chi connectivity index (χ3n) is 4.48. The number of carboxylic acid groups (broad SMARTS) is 1. The molecular weight excluding hydrogens is 372 g/mol. The van der Waals surface area contributed by atoms with Crippen LogP contribution in [0.5, 0.6) is 0 Å². The van der Waals surface area contributed by atoms with Crippen LogP contribution in [-0.4, -0.2) is 48.3 Å². The fraction of sp³-hybridized carbons (Fsp3) is 0.353. The van der Waals surface area contributed by atoms with Crippen molar-refractivity contribution in [2.75, 3.05) is 22.3 Å². The molecule has 0 bridgehead atoms. The first-order chi connectivity index (χ1) is 12.7. The Hall–Kier alpha value is -2.88. The van der Waals surface area contributed by atoms with Gasteiger partial charge in [0.1, 0.15) is 0 Å². The number of amides is 1. The van der Waals surface area contributed by atoms with Crippen LogP contribution >= 0.6 is 0 Å². The van der Waals surface area contributed by atoms with Crippen LogP contribution in [0, 0.1) is 5.92 Å². The number of aryl methyl sites for hydroxylation is 1. The van der Waals surface area contributed by atoms with Gasteiger partial charge in [-0.3, -0.25) is 18.6 Å². The van der Waals surface area contributed by atoms with E-state index in [4.69, 9.17) is 5.11 Å². The fourth-order valence-corrected chi connectivity index (χ4v) is 4.52. The van der Waals surface area contributed by atoms with E-state index < -0.39 is 21.9 Å². The average Bonchev–Trinajstić information content (AvgIpc) is 3.21. The Bertz CT molecular complexity index is 967. The average molecular weight is 392 g/mol. The molecule has 1 amide bonds. The van der Waals surface area contributed by atoms with Crippen LogP contribution in [0.4, 0.5) is 11.4 Å². The van der Waals surface area contributed by atoms with E-state index in [9.17, 15) is 18.0 Å². The number of benzene rings is 1.